The highest BCUT2D eigenvalue weighted by Gasteiger charge is 2.25. The molecule has 1 fully saturated rings. The minimum absolute atomic E-state index is 0.311. The van der Waals surface area contributed by atoms with Crippen LogP contribution in [0.5, 0.6) is 0 Å². The molecule has 0 bridgehead atoms. The molecule has 1 unspecified atom stereocenters. The van der Waals surface area contributed by atoms with E-state index in [2.05, 4.69) is 17.0 Å². The van der Waals surface area contributed by atoms with E-state index in [1.807, 2.05) is 6.07 Å². The minimum atomic E-state index is -0.410. The predicted molar refractivity (Wildman–Crippen MR) is 68.3 cm³/mol. The van der Waals surface area contributed by atoms with Crippen LogP contribution in [0.1, 0.15) is 48.7 Å². The zero-order chi connectivity index (χ0) is 13.0. The molecule has 1 aliphatic rings. The molecule has 1 saturated carbocycles. The Hall–Kier alpha value is -1.29. The molecule has 2 rings (SSSR count). The van der Waals surface area contributed by atoms with Crippen LogP contribution in [0.4, 0.5) is 0 Å². The Morgan fingerprint density at radius 3 is 3.00 bits per heavy atom. The van der Waals surface area contributed by atoms with E-state index in [1.165, 1.54) is 32.6 Å². The first-order valence-electron chi connectivity index (χ1n) is 6.62. The molecule has 100 valence electrons. The number of esters is 1. The van der Waals surface area contributed by atoms with Crippen molar-refractivity contribution in [3.8, 4) is 0 Å². The molecule has 0 aliphatic heterocycles. The summed E-state index contributed by atoms with van der Waals surface area (Å²) in [5, 5.41) is 3.49. The molecular weight excluding hydrogens is 230 g/mol. The third-order valence-corrected chi connectivity index (χ3v) is 3.51. The largest absolute Gasteiger partial charge is 0.463 e. The van der Waals surface area contributed by atoms with Gasteiger partial charge in [0.1, 0.15) is 0 Å². The van der Waals surface area contributed by atoms with E-state index in [1.54, 1.807) is 0 Å². The lowest BCUT2D eigenvalue weighted by molar-refractivity contribution is 0.0563. The maximum Gasteiger partial charge on any atom is 0.374 e. The second kappa shape index (κ2) is 6.05. The molecule has 1 heterocycles. The third kappa shape index (κ3) is 3.35. The molecule has 0 spiro atoms. The van der Waals surface area contributed by atoms with Gasteiger partial charge >= 0.3 is 5.97 Å². The fraction of sp³-hybridized carbons (Fsp3) is 0.643. The number of furan rings is 1. The van der Waals surface area contributed by atoms with Gasteiger partial charge in [-0.1, -0.05) is 19.8 Å². The lowest BCUT2D eigenvalue weighted by Crippen LogP contribution is -2.28. The quantitative estimate of drug-likeness (QED) is 0.757. The van der Waals surface area contributed by atoms with Gasteiger partial charge in [0.2, 0.25) is 5.76 Å². The zero-order valence-corrected chi connectivity index (χ0v) is 11.1. The van der Waals surface area contributed by atoms with Crippen LogP contribution >= 0.6 is 0 Å². The Morgan fingerprint density at radius 1 is 1.61 bits per heavy atom. The number of methoxy groups -OCH3 is 1. The first kappa shape index (κ1) is 13.1. The SMILES string of the molecule is CCC(CC1CC1)NCc1ccoc1C(=O)OC. The number of carbonyl (C=O) groups excluding carboxylic acids is 1. The fourth-order valence-corrected chi connectivity index (χ4v) is 2.15. The van der Waals surface area contributed by atoms with Gasteiger partial charge in [0, 0.05) is 18.2 Å². The molecule has 0 aromatic carbocycles. The van der Waals surface area contributed by atoms with Crippen molar-refractivity contribution in [2.75, 3.05) is 7.11 Å². The van der Waals surface area contributed by atoms with Crippen molar-refractivity contribution in [2.24, 2.45) is 5.92 Å². The van der Waals surface area contributed by atoms with Crippen molar-refractivity contribution in [2.45, 2.75) is 45.2 Å². The van der Waals surface area contributed by atoms with E-state index >= 15 is 0 Å². The Kier molecular flexibility index (Phi) is 4.42. The first-order chi connectivity index (χ1) is 8.74. The van der Waals surface area contributed by atoms with Gasteiger partial charge in [-0.3, -0.25) is 0 Å². The van der Waals surface area contributed by atoms with Gasteiger partial charge in [0.05, 0.1) is 13.4 Å². The molecule has 1 aromatic heterocycles. The molecule has 1 N–H and O–H groups in total. The summed E-state index contributed by atoms with van der Waals surface area (Å²) in [6.07, 6.45) is 6.63. The monoisotopic (exact) mass is 251 g/mol. The van der Waals surface area contributed by atoms with Crippen molar-refractivity contribution in [1.29, 1.82) is 0 Å². The average molecular weight is 251 g/mol. The van der Waals surface area contributed by atoms with E-state index in [4.69, 9.17) is 4.42 Å². The molecule has 4 heteroatoms. The summed E-state index contributed by atoms with van der Waals surface area (Å²) in [5.41, 5.74) is 0.871. The lowest BCUT2D eigenvalue weighted by Gasteiger charge is -2.16. The molecule has 0 amide bonds. The summed E-state index contributed by atoms with van der Waals surface area (Å²) in [6.45, 7) is 2.85. The summed E-state index contributed by atoms with van der Waals surface area (Å²) < 4.78 is 9.84. The van der Waals surface area contributed by atoms with Crippen molar-refractivity contribution in [3.05, 3.63) is 23.7 Å². The Bertz CT molecular complexity index is 395. The maximum atomic E-state index is 11.5. The summed E-state index contributed by atoms with van der Waals surface area (Å²) >= 11 is 0. The second-order valence-corrected chi connectivity index (χ2v) is 4.93. The normalized spacial score (nSPS) is 16.6. The van der Waals surface area contributed by atoms with Crippen LogP contribution in [0.15, 0.2) is 16.7 Å². The van der Waals surface area contributed by atoms with Gasteiger partial charge in [0.25, 0.3) is 0 Å². The molecule has 0 radical (unpaired) electrons. The molecular formula is C14H21NO3. The number of rotatable bonds is 7. The Labute approximate surface area is 108 Å². The van der Waals surface area contributed by atoms with E-state index in [0.29, 0.717) is 18.3 Å². The minimum Gasteiger partial charge on any atom is -0.463 e. The summed E-state index contributed by atoms with van der Waals surface area (Å²) in [7, 11) is 1.37. The van der Waals surface area contributed by atoms with Crippen molar-refractivity contribution >= 4 is 5.97 Å². The predicted octanol–water partition coefficient (Wildman–Crippen LogP) is 2.73. The lowest BCUT2D eigenvalue weighted by atomic mass is 10.1. The maximum absolute atomic E-state index is 11.5. The molecule has 4 nitrogen and oxygen atoms in total. The van der Waals surface area contributed by atoms with E-state index in [9.17, 15) is 4.79 Å². The first-order valence-corrected chi connectivity index (χ1v) is 6.62. The zero-order valence-electron chi connectivity index (χ0n) is 11.1. The second-order valence-electron chi connectivity index (χ2n) is 4.93. The van der Waals surface area contributed by atoms with Crippen LogP contribution in [0, 0.1) is 5.92 Å². The van der Waals surface area contributed by atoms with E-state index in [-0.39, 0.29) is 0 Å². The Balaban J connectivity index is 1.88. The van der Waals surface area contributed by atoms with Crippen LogP contribution < -0.4 is 5.32 Å². The summed E-state index contributed by atoms with van der Waals surface area (Å²) in [6, 6.07) is 2.35. The fourth-order valence-electron chi connectivity index (χ4n) is 2.15. The molecule has 1 aromatic rings. The van der Waals surface area contributed by atoms with Crippen LogP contribution in [0.2, 0.25) is 0 Å². The van der Waals surface area contributed by atoms with Gasteiger partial charge in [-0.2, -0.15) is 0 Å². The van der Waals surface area contributed by atoms with Crippen molar-refractivity contribution < 1.29 is 13.9 Å². The number of hydrogen-bond donors (Lipinski definition) is 1. The standard InChI is InChI=1S/C14H21NO3/c1-3-12(8-10-4-5-10)15-9-11-6-7-18-13(11)14(16)17-2/h6-7,10,12,15H,3-5,8-9H2,1-2H3. The summed E-state index contributed by atoms with van der Waals surface area (Å²) in [4.78, 5) is 11.5. The summed E-state index contributed by atoms with van der Waals surface area (Å²) in [5.74, 6) is 0.810. The Morgan fingerprint density at radius 2 is 2.39 bits per heavy atom. The molecule has 1 aliphatic carbocycles. The van der Waals surface area contributed by atoms with Crippen LogP contribution in [-0.2, 0) is 11.3 Å². The van der Waals surface area contributed by atoms with Crippen LogP contribution in [0.25, 0.3) is 0 Å². The van der Waals surface area contributed by atoms with Gasteiger partial charge in [-0.05, 0) is 24.8 Å². The van der Waals surface area contributed by atoms with Crippen molar-refractivity contribution in [1.82, 2.24) is 5.32 Å². The smallest absolute Gasteiger partial charge is 0.374 e. The topological polar surface area (TPSA) is 51.5 Å². The van der Waals surface area contributed by atoms with Gasteiger partial charge in [0.15, 0.2) is 0 Å². The number of ether oxygens (including phenoxy) is 1. The molecule has 18 heavy (non-hydrogen) atoms. The van der Waals surface area contributed by atoms with Crippen LogP contribution in [0.3, 0.4) is 0 Å². The average Bonchev–Trinajstić information content (AvgIpc) is 3.09. The van der Waals surface area contributed by atoms with Gasteiger partial charge in [-0.15, -0.1) is 0 Å². The third-order valence-electron chi connectivity index (χ3n) is 3.51. The highest BCUT2D eigenvalue weighted by molar-refractivity contribution is 5.87. The number of hydrogen-bond acceptors (Lipinski definition) is 4. The molecule has 1 atom stereocenters. The number of carbonyl (C=O) groups is 1. The molecule has 0 saturated heterocycles. The van der Waals surface area contributed by atoms with Crippen molar-refractivity contribution in [3.63, 3.8) is 0 Å². The highest BCUT2D eigenvalue weighted by Crippen LogP contribution is 2.34. The van der Waals surface area contributed by atoms with Gasteiger partial charge in [-0.25, -0.2) is 4.79 Å². The van der Waals surface area contributed by atoms with Crippen LogP contribution in [-0.4, -0.2) is 19.1 Å². The number of nitrogens with one attached hydrogen (secondary N) is 1. The van der Waals surface area contributed by atoms with Gasteiger partial charge < -0.3 is 14.5 Å². The van der Waals surface area contributed by atoms with E-state index < -0.39 is 5.97 Å². The highest BCUT2D eigenvalue weighted by atomic mass is 16.5. The van der Waals surface area contributed by atoms with E-state index in [0.717, 1.165) is 17.9 Å².